The lowest BCUT2D eigenvalue weighted by Crippen LogP contribution is -2.30. The van der Waals surface area contributed by atoms with Crippen LogP contribution in [0.15, 0.2) is 0 Å². The summed E-state index contributed by atoms with van der Waals surface area (Å²) < 4.78 is 67.9. The van der Waals surface area contributed by atoms with Crippen LogP contribution < -0.4 is 0 Å². The molecule has 19 heteroatoms. The summed E-state index contributed by atoms with van der Waals surface area (Å²) in [5.41, 5.74) is 0. The molecule has 0 aromatic heterocycles. The average molecular weight is 1210 g/mol. The van der Waals surface area contributed by atoms with Crippen LogP contribution in [0.2, 0.25) is 0 Å². The highest BCUT2D eigenvalue weighted by molar-refractivity contribution is 7.47. The molecule has 7 atom stereocenters. The Morgan fingerprint density at radius 3 is 0.866 bits per heavy atom. The first-order valence-corrected chi connectivity index (χ1v) is 35.8. The third kappa shape index (κ3) is 54.7. The maximum Gasteiger partial charge on any atom is 0.472 e. The van der Waals surface area contributed by atoms with Crippen molar-refractivity contribution in [2.24, 2.45) is 23.7 Å². The van der Waals surface area contributed by atoms with Gasteiger partial charge < -0.3 is 33.8 Å². The van der Waals surface area contributed by atoms with Crippen LogP contribution in [0.5, 0.6) is 0 Å². The van der Waals surface area contributed by atoms with Crippen molar-refractivity contribution >= 4 is 39.5 Å². The zero-order valence-corrected chi connectivity index (χ0v) is 54.9. The van der Waals surface area contributed by atoms with Gasteiger partial charge in [0.15, 0.2) is 12.2 Å². The maximum absolute atomic E-state index is 13.0. The number of rotatable bonds is 60. The zero-order chi connectivity index (χ0) is 61.1. The molecule has 0 fully saturated rings. The Morgan fingerprint density at radius 1 is 0.341 bits per heavy atom. The molecule has 4 unspecified atom stereocenters. The number of carbonyl (C=O) groups is 4. The molecule has 0 spiro atoms. The molecule has 82 heavy (non-hydrogen) atoms. The van der Waals surface area contributed by atoms with Crippen molar-refractivity contribution in [3.63, 3.8) is 0 Å². The van der Waals surface area contributed by atoms with Crippen molar-refractivity contribution in [2.75, 3.05) is 39.6 Å². The molecule has 0 aliphatic heterocycles. The number of unbranched alkanes of at least 4 members (excludes halogenated alkanes) is 24. The zero-order valence-electron chi connectivity index (χ0n) is 53.1. The molecule has 0 saturated heterocycles. The van der Waals surface area contributed by atoms with E-state index >= 15 is 0 Å². The van der Waals surface area contributed by atoms with Crippen LogP contribution in [-0.2, 0) is 65.4 Å². The number of hydrogen-bond donors (Lipinski definition) is 3. The topological polar surface area (TPSA) is 237 Å². The van der Waals surface area contributed by atoms with E-state index in [4.69, 9.17) is 37.0 Å². The van der Waals surface area contributed by atoms with E-state index in [2.05, 4.69) is 55.4 Å². The summed E-state index contributed by atoms with van der Waals surface area (Å²) in [6, 6.07) is 0. The summed E-state index contributed by atoms with van der Waals surface area (Å²) in [5.74, 6) is 0.750. The lowest BCUT2D eigenvalue weighted by atomic mass is 9.99. The Kier molecular flexibility index (Phi) is 52.0. The van der Waals surface area contributed by atoms with Gasteiger partial charge in [-0.05, 0) is 49.4 Å². The van der Waals surface area contributed by atoms with Crippen molar-refractivity contribution in [3.8, 4) is 0 Å². The summed E-state index contributed by atoms with van der Waals surface area (Å²) in [6.07, 6.45) is 32.3. The fraction of sp³-hybridized carbons (Fsp3) is 0.937. The van der Waals surface area contributed by atoms with Gasteiger partial charge in [0.1, 0.15) is 19.3 Å². The van der Waals surface area contributed by atoms with Crippen LogP contribution in [0, 0.1) is 23.7 Å². The lowest BCUT2D eigenvalue weighted by molar-refractivity contribution is -0.161. The van der Waals surface area contributed by atoms with Gasteiger partial charge in [-0.1, -0.05) is 248 Å². The van der Waals surface area contributed by atoms with Gasteiger partial charge in [-0.2, -0.15) is 0 Å². The molecule has 17 nitrogen and oxygen atoms in total. The van der Waals surface area contributed by atoms with Gasteiger partial charge in [0, 0.05) is 25.7 Å². The number of hydrogen-bond acceptors (Lipinski definition) is 15. The van der Waals surface area contributed by atoms with E-state index in [1.54, 1.807) is 0 Å². The third-order valence-electron chi connectivity index (χ3n) is 15.0. The van der Waals surface area contributed by atoms with E-state index in [9.17, 15) is 43.2 Å². The smallest absolute Gasteiger partial charge is 0.462 e. The standard InChI is InChI=1S/C63H122O17P2/c1-9-55(7)41-33-25-16-12-14-18-29-37-45-62(67)79-58(50-74-61(66)44-36-28-22-20-26-34-42-56(8)10-2)51-77-81(69,70)75-47-57(64)48-76-82(71,72)78-52-59(80-63(68)46-38-30-21-19-24-32-40-54(5)6)49-73-60(65)43-35-27-17-13-11-15-23-31-39-53(3)4/h53-59,64H,9-52H2,1-8H3,(H,69,70)(H,71,72)/t55?,56?,57-,58+,59+/m0/s1. The molecule has 0 bridgehead atoms. The minimum Gasteiger partial charge on any atom is -0.462 e. The van der Waals surface area contributed by atoms with Gasteiger partial charge in [-0.25, -0.2) is 9.13 Å². The largest absolute Gasteiger partial charge is 0.472 e. The summed E-state index contributed by atoms with van der Waals surface area (Å²) in [7, 11) is -9.89. The molecule has 0 saturated carbocycles. The SMILES string of the molecule is CCC(C)CCCCCCCCCCC(=O)O[C@H](COC(=O)CCCCCCCCC(C)CC)COP(=O)(O)OC[C@H](O)COP(=O)(O)OC[C@@H](COC(=O)CCCCCCCCCCC(C)C)OC(=O)CCCCCCCCC(C)C. The second-order valence-corrected chi connectivity index (χ2v) is 27.1. The predicted octanol–water partition coefficient (Wildman–Crippen LogP) is 17.0. The minimum atomic E-state index is -4.94. The predicted molar refractivity (Wildman–Crippen MR) is 326 cm³/mol. The van der Waals surface area contributed by atoms with Crippen LogP contribution >= 0.6 is 15.6 Å². The fourth-order valence-electron chi connectivity index (χ4n) is 9.19. The van der Waals surface area contributed by atoms with Crippen molar-refractivity contribution in [3.05, 3.63) is 0 Å². The Hall–Kier alpha value is -1.94. The molecule has 3 N–H and O–H groups in total. The van der Waals surface area contributed by atoms with E-state index in [0.717, 1.165) is 114 Å². The fourth-order valence-corrected chi connectivity index (χ4v) is 10.8. The first-order valence-electron chi connectivity index (χ1n) is 32.8. The number of phosphoric ester groups is 2. The summed E-state index contributed by atoms with van der Waals surface area (Å²) in [4.78, 5) is 72.1. The van der Waals surface area contributed by atoms with Gasteiger partial charge in [0.2, 0.25) is 0 Å². The van der Waals surface area contributed by atoms with Crippen molar-refractivity contribution in [1.29, 1.82) is 0 Å². The summed E-state index contributed by atoms with van der Waals surface area (Å²) in [6.45, 7) is 13.9. The molecule has 0 aliphatic rings. The van der Waals surface area contributed by atoms with Gasteiger partial charge in [0.05, 0.1) is 26.4 Å². The highest BCUT2D eigenvalue weighted by Crippen LogP contribution is 2.45. The maximum atomic E-state index is 13.0. The van der Waals surface area contributed by atoms with E-state index in [1.165, 1.54) is 96.3 Å². The number of aliphatic hydroxyl groups is 1. The number of phosphoric acid groups is 2. The van der Waals surface area contributed by atoms with E-state index < -0.39 is 97.5 Å². The molecule has 0 amide bonds. The molecule has 0 aromatic rings. The quantitative estimate of drug-likeness (QED) is 0.0222. The van der Waals surface area contributed by atoms with Crippen LogP contribution in [0.1, 0.15) is 299 Å². The first kappa shape index (κ1) is 80.1. The van der Waals surface area contributed by atoms with E-state index in [-0.39, 0.29) is 25.7 Å². The normalized spacial score (nSPS) is 15.1. The Morgan fingerprint density at radius 2 is 0.585 bits per heavy atom. The summed E-state index contributed by atoms with van der Waals surface area (Å²) in [5, 5.41) is 10.5. The highest BCUT2D eigenvalue weighted by Gasteiger charge is 2.30. The second-order valence-electron chi connectivity index (χ2n) is 24.2. The van der Waals surface area contributed by atoms with Crippen molar-refractivity contribution in [2.45, 2.75) is 318 Å². The Balaban J connectivity index is 5.26. The van der Waals surface area contributed by atoms with Crippen LogP contribution in [0.3, 0.4) is 0 Å². The molecular formula is C63H122O17P2. The molecule has 0 aromatic carbocycles. The third-order valence-corrected chi connectivity index (χ3v) is 16.9. The van der Waals surface area contributed by atoms with Crippen LogP contribution in [0.25, 0.3) is 0 Å². The Bertz CT molecular complexity index is 1650. The first-order chi connectivity index (χ1) is 39.2. The van der Waals surface area contributed by atoms with Crippen molar-refractivity contribution in [1.82, 2.24) is 0 Å². The molecule has 0 radical (unpaired) electrons. The molecule has 0 rings (SSSR count). The van der Waals surface area contributed by atoms with Gasteiger partial charge >= 0.3 is 39.5 Å². The van der Waals surface area contributed by atoms with Gasteiger partial charge in [-0.3, -0.25) is 37.3 Å². The molecule has 486 valence electrons. The van der Waals surface area contributed by atoms with Crippen LogP contribution in [-0.4, -0.2) is 96.7 Å². The van der Waals surface area contributed by atoms with E-state index in [1.807, 2.05) is 0 Å². The van der Waals surface area contributed by atoms with Gasteiger partial charge in [-0.15, -0.1) is 0 Å². The second kappa shape index (κ2) is 53.3. The molecule has 0 heterocycles. The number of esters is 4. The highest BCUT2D eigenvalue weighted by atomic mass is 31.2. The molecular weight excluding hydrogens is 1090 g/mol. The van der Waals surface area contributed by atoms with Crippen LogP contribution in [0.4, 0.5) is 0 Å². The molecule has 0 aliphatic carbocycles. The summed E-state index contributed by atoms with van der Waals surface area (Å²) >= 11 is 0. The lowest BCUT2D eigenvalue weighted by Gasteiger charge is -2.21. The average Bonchev–Trinajstić information content (AvgIpc) is 3.44. The van der Waals surface area contributed by atoms with Crippen molar-refractivity contribution < 1.29 is 80.2 Å². The number of carbonyl (C=O) groups excluding carboxylic acids is 4. The number of aliphatic hydroxyl groups excluding tert-OH is 1. The Labute approximate surface area is 498 Å². The minimum absolute atomic E-state index is 0.101. The number of ether oxygens (including phenoxy) is 4. The monoisotopic (exact) mass is 1210 g/mol. The van der Waals surface area contributed by atoms with Gasteiger partial charge in [0.25, 0.3) is 0 Å². The van der Waals surface area contributed by atoms with E-state index in [0.29, 0.717) is 31.6 Å².